The van der Waals surface area contributed by atoms with Crippen LogP contribution in [0.5, 0.6) is 0 Å². The molecule has 2 aliphatic rings. The molecule has 0 aromatic heterocycles. The number of piperidine rings is 1. The Morgan fingerprint density at radius 3 is 2.00 bits per heavy atom. The van der Waals surface area contributed by atoms with Crippen LogP contribution in [0.15, 0.2) is 24.3 Å². The molecule has 0 aliphatic carbocycles. The maximum Gasteiger partial charge on any atom is 0.273 e. The van der Waals surface area contributed by atoms with E-state index in [0.29, 0.717) is 5.92 Å². The van der Waals surface area contributed by atoms with E-state index >= 15 is 0 Å². The van der Waals surface area contributed by atoms with Crippen molar-refractivity contribution in [2.75, 3.05) is 33.9 Å². The Bertz CT molecular complexity index is 460. The highest BCUT2D eigenvalue weighted by atomic mass is 19.3. The van der Waals surface area contributed by atoms with Gasteiger partial charge in [-0.1, -0.05) is 19.6 Å². The van der Waals surface area contributed by atoms with Gasteiger partial charge in [0.1, 0.15) is 12.4 Å². The first-order chi connectivity index (χ1) is 11.4. The second-order valence-corrected chi connectivity index (χ2v) is 6.31. The van der Waals surface area contributed by atoms with Gasteiger partial charge in [0.05, 0.1) is 6.10 Å². The first kappa shape index (κ1) is 23.9. The van der Waals surface area contributed by atoms with Crippen molar-refractivity contribution in [3.63, 3.8) is 0 Å². The van der Waals surface area contributed by atoms with Gasteiger partial charge in [0.15, 0.2) is 0 Å². The van der Waals surface area contributed by atoms with Crippen LogP contribution in [0.25, 0.3) is 0 Å². The van der Waals surface area contributed by atoms with Crippen LogP contribution < -0.4 is 0 Å². The number of hydrogen-bond donors (Lipinski definition) is 1. The number of nitrogens with zero attached hydrogens (tertiary/aromatic N) is 1. The highest BCUT2D eigenvalue weighted by Gasteiger charge is 2.38. The Kier molecular flexibility index (Phi) is 11.0. The highest BCUT2D eigenvalue weighted by molar-refractivity contribution is 5.20. The fraction of sp³-hybridized carbons (Fsp3) is 0.684. The highest BCUT2D eigenvalue weighted by Crippen LogP contribution is 2.28. The molecule has 0 spiro atoms. The van der Waals surface area contributed by atoms with Crippen molar-refractivity contribution in [2.45, 2.75) is 51.6 Å². The molecule has 25 heavy (non-hydrogen) atoms. The molecule has 2 aliphatic heterocycles. The van der Waals surface area contributed by atoms with E-state index in [4.69, 9.17) is 5.11 Å². The van der Waals surface area contributed by atoms with Gasteiger partial charge in [0.2, 0.25) is 0 Å². The lowest BCUT2D eigenvalue weighted by Crippen LogP contribution is -2.29. The monoisotopic (exact) mass is 363 g/mol. The van der Waals surface area contributed by atoms with Crippen LogP contribution in [0.1, 0.15) is 45.1 Å². The van der Waals surface area contributed by atoms with Crippen LogP contribution in [0.2, 0.25) is 0 Å². The third kappa shape index (κ3) is 8.70. The molecule has 0 unspecified atom stereocenters. The summed E-state index contributed by atoms with van der Waals surface area (Å²) < 4.78 is 41.5. The molecule has 6 heteroatoms. The van der Waals surface area contributed by atoms with E-state index in [1.807, 2.05) is 12.1 Å². The molecule has 3 nitrogen and oxygen atoms in total. The second-order valence-electron chi connectivity index (χ2n) is 6.31. The SMILES string of the molecule is C.CN1CCC(c2ccc(F)cc2)CC1.CO.C[C@@H]1CC(F)(F)CO1. The minimum atomic E-state index is -2.56. The summed E-state index contributed by atoms with van der Waals surface area (Å²) in [6.07, 6.45) is 2.02. The third-order valence-corrected chi connectivity index (χ3v) is 4.23. The molecule has 0 saturated carbocycles. The summed E-state index contributed by atoms with van der Waals surface area (Å²) in [6, 6.07) is 6.97. The van der Waals surface area contributed by atoms with Gasteiger partial charge in [0, 0.05) is 13.5 Å². The molecule has 0 amide bonds. The second kappa shape index (κ2) is 11.5. The number of ether oxygens (including phenoxy) is 1. The minimum Gasteiger partial charge on any atom is -0.400 e. The number of rotatable bonds is 1. The molecule has 3 rings (SSSR count). The molecular weight excluding hydrogens is 331 g/mol. The Balaban J connectivity index is 0.000000451. The molecule has 1 aromatic carbocycles. The predicted octanol–water partition coefficient (Wildman–Crippen LogP) is 4.31. The standard InChI is InChI=1S/C12H16FN.C5H8F2O.CH4O.CH4/c1-14-8-6-11(7-9-14)10-2-4-12(13)5-3-10;1-4-2-5(6,7)3-8-4;1-2;/h2-5,11H,6-9H2,1H3;4H,2-3H2,1H3;2H,1H3;1H4/t;4-;;/m.1../s1. The minimum absolute atomic E-state index is 0. The van der Waals surface area contributed by atoms with E-state index in [9.17, 15) is 13.2 Å². The average Bonchev–Trinajstić information content (AvgIpc) is 2.89. The first-order valence-corrected chi connectivity index (χ1v) is 8.24. The van der Waals surface area contributed by atoms with E-state index in [2.05, 4.69) is 16.7 Å². The topological polar surface area (TPSA) is 32.7 Å². The van der Waals surface area contributed by atoms with Crippen molar-refractivity contribution in [1.82, 2.24) is 4.90 Å². The van der Waals surface area contributed by atoms with E-state index in [-0.39, 0.29) is 25.8 Å². The van der Waals surface area contributed by atoms with Crippen molar-refractivity contribution >= 4 is 0 Å². The van der Waals surface area contributed by atoms with E-state index < -0.39 is 12.5 Å². The van der Waals surface area contributed by atoms with Crippen molar-refractivity contribution in [2.24, 2.45) is 0 Å². The smallest absolute Gasteiger partial charge is 0.273 e. The van der Waals surface area contributed by atoms with Gasteiger partial charge in [-0.05, 0) is 63.5 Å². The summed E-state index contributed by atoms with van der Waals surface area (Å²) in [6.45, 7) is 3.57. The molecule has 2 heterocycles. The number of aliphatic hydroxyl groups is 1. The van der Waals surface area contributed by atoms with Gasteiger partial charge in [0.25, 0.3) is 5.92 Å². The van der Waals surface area contributed by atoms with Crippen LogP contribution in [-0.2, 0) is 4.74 Å². The van der Waals surface area contributed by atoms with Gasteiger partial charge < -0.3 is 14.7 Å². The van der Waals surface area contributed by atoms with Crippen LogP contribution >= 0.6 is 0 Å². The van der Waals surface area contributed by atoms with Crippen LogP contribution in [0, 0.1) is 5.82 Å². The number of hydrogen-bond acceptors (Lipinski definition) is 3. The Hall–Kier alpha value is -1.11. The first-order valence-electron chi connectivity index (χ1n) is 8.24. The summed E-state index contributed by atoms with van der Waals surface area (Å²) in [5.41, 5.74) is 1.29. The predicted molar refractivity (Wildman–Crippen MR) is 95.7 cm³/mol. The van der Waals surface area contributed by atoms with Gasteiger partial charge in [-0.2, -0.15) is 0 Å². The molecule has 2 saturated heterocycles. The van der Waals surface area contributed by atoms with E-state index in [1.165, 1.54) is 18.4 Å². The molecule has 1 aromatic rings. The zero-order chi connectivity index (χ0) is 18.2. The molecule has 2 fully saturated rings. The maximum absolute atomic E-state index is 12.7. The Labute approximate surface area is 149 Å². The third-order valence-electron chi connectivity index (χ3n) is 4.23. The fourth-order valence-corrected chi connectivity index (χ4v) is 2.88. The van der Waals surface area contributed by atoms with Gasteiger partial charge in [-0.3, -0.25) is 0 Å². The zero-order valence-corrected chi connectivity index (χ0v) is 14.6. The molecule has 146 valence electrons. The summed E-state index contributed by atoms with van der Waals surface area (Å²) >= 11 is 0. The van der Waals surface area contributed by atoms with Gasteiger partial charge >= 0.3 is 0 Å². The summed E-state index contributed by atoms with van der Waals surface area (Å²) in [5.74, 6) is -2.06. The van der Waals surface area contributed by atoms with E-state index in [1.54, 1.807) is 19.1 Å². The number of benzene rings is 1. The lowest BCUT2D eigenvalue weighted by atomic mass is 9.90. The lowest BCUT2D eigenvalue weighted by molar-refractivity contribution is -0.00948. The number of aliphatic hydroxyl groups excluding tert-OH is 1. The van der Waals surface area contributed by atoms with Gasteiger partial charge in [-0.15, -0.1) is 0 Å². The largest absolute Gasteiger partial charge is 0.400 e. The molecule has 1 atom stereocenters. The molecule has 1 N–H and O–H groups in total. The fourth-order valence-electron chi connectivity index (χ4n) is 2.88. The quantitative estimate of drug-likeness (QED) is 0.807. The number of halogens is 3. The van der Waals surface area contributed by atoms with Crippen molar-refractivity contribution in [3.8, 4) is 0 Å². The summed E-state index contributed by atoms with van der Waals surface area (Å²) in [4.78, 5) is 2.35. The Morgan fingerprint density at radius 1 is 1.12 bits per heavy atom. The number of alkyl halides is 2. The molecule has 0 bridgehead atoms. The normalized spacial score (nSPS) is 22.8. The van der Waals surface area contributed by atoms with Crippen molar-refractivity contribution in [1.29, 1.82) is 0 Å². The maximum atomic E-state index is 12.7. The van der Waals surface area contributed by atoms with Crippen molar-refractivity contribution in [3.05, 3.63) is 35.6 Å². The van der Waals surface area contributed by atoms with Gasteiger partial charge in [-0.25, -0.2) is 13.2 Å². The number of likely N-dealkylation sites (tertiary alicyclic amines) is 1. The van der Waals surface area contributed by atoms with Crippen LogP contribution in [0.3, 0.4) is 0 Å². The van der Waals surface area contributed by atoms with E-state index in [0.717, 1.165) is 20.2 Å². The Morgan fingerprint density at radius 2 is 1.64 bits per heavy atom. The zero-order valence-electron chi connectivity index (χ0n) is 14.6. The molecule has 0 radical (unpaired) electrons. The summed E-state index contributed by atoms with van der Waals surface area (Å²) in [7, 11) is 3.15. The van der Waals surface area contributed by atoms with Crippen molar-refractivity contribution < 1.29 is 23.0 Å². The average molecular weight is 363 g/mol. The lowest BCUT2D eigenvalue weighted by Gasteiger charge is -2.29. The van der Waals surface area contributed by atoms with Crippen LogP contribution in [0.4, 0.5) is 13.2 Å². The molecular formula is C19H32F3NO2. The van der Waals surface area contributed by atoms with Crippen LogP contribution in [-0.4, -0.2) is 55.9 Å². The summed E-state index contributed by atoms with van der Waals surface area (Å²) in [5, 5.41) is 7.00.